The molecule has 182 valence electrons. The summed E-state index contributed by atoms with van der Waals surface area (Å²) in [4.78, 5) is 40.1. The standard InChI is InChI=1S/C27H28N2O6/c1-27(2,3)35-26(33)28-15-22(17-34-23-13-10-18-6-4-5-7-20(18)14-23)29(24(30)16-28)21-11-8-19(9-12-21)25(31)32/h4-14,22H,15-17H2,1-3H3,(H,31,32)/t22-/m1/s1. The van der Waals surface area contributed by atoms with Crippen LogP contribution in [0.1, 0.15) is 31.1 Å². The molecule has 3 aromatic carbocycles. The van der Waals surface area contributed by atoms with Crippen molar-refractivity contribution in [1.82, 2.24) is 4.90 Å². The van der Waals surface area contributed by atoms with Gasteiger partial charge >= 0.3 is 12.1 Å². The molecule has 1 N–H and O–H groups in total. The fraction of sp³-hybridized carbons (Fsp3) is 0.296. The molecule has 0 aromatic heterocycles. The Kier molecular flexibility index (Phi) is 6.64. The fourth-order valence-electron chi connectivity index (χ4n) is 4.01. The van der Waals surface area contributed by atoms with E-state index in [-0.39, 0.29) is 31.2 Å². The highest BCUT2D eigenvalue weighted by molar-refractivity contribution is 5.98. The summed E-state index contributed by atoms with van der Waals surface area (Å²) in [6, 6.07) is 19.3. The number of anilines is 1. The molecule has 1 fully saturated rings. The van der Waals surface area contributed by atoms with Gasteiger partial charge in [0.05, 0.1) is 11.6 Å². The van der Waals surface area contributed by atoms with Crippen molar-refractivity contribution in [3.8, 4) is 5.75 Å². The number of carboxylic acids is 1. The lowest BCUT2D eigenvalue weighted by Crippen LogP contribution is -2.60. The average Bonchev–Trinajstić information content (AvgIpc) is 2.81. The largest absolute Gasteiger partial charge is 0.491 e. The lowest BCUT2D eigenvalue weighted by molar-refractivity contribution is -0.122. The van der Waals surface area contributed by atoms with Gasteiger partial charge in [0.1, 0.15) is 24.5 Å². The Morgan fingerprint density at radius 1 is 1.00 bits per heavy atom. The van der Waals surface area contributed by atoms with Gasteiger partial charge in [-0.1, -0.05) is 30.3 Å². The molecule has 0 saturated carbocycles. The molecular formula is C27H28N2O6. The Bertz CT molecular complexity index is 1250. The van der Waals surface area contributed by atoms with Gasteiger partial charge in [0, 0.05) is 12.2 Å². The first-order valence-corrected chi connectivity index (χ1v) is 11.4. The molecule has 1 aliphatic heterocycles. The number of hydrogen-bond acceptors (Lipinski definition) is 5. The number of carbonyl (C=O) groups excluding carboxylic acids is 2. The third-order valence-corrected chi connectivity index (χ3v) is 5.60. The third kappa shape index (κ3) is 5.71. The summed E-state index contributed by atoms with van der Waals surface area (Å²) in [5.41, 5.74) is -0.0328. The maximum Gasteiger partial charge on any atom is 0.410 e. The lowest BCUT2D eigenvalue weighted by Gasteiger charge is -2.41. The minimum absolute atomic E-state index is 0.123. The third-order valence-electron chi connectivity index (χ3n) is 5.60. The fourth-order valence-corrected chi connectivity index (χ4v) is 4.01. The molecular weight excluding hydrogens is 448 g/mol. The summed E-state index contributed by atoms with van der Waals surface area (Å²) < 4.78 is 11.6. The molecule has 0 unspecified atom stereocenters. The van der Waals surface area contributed by atoms with Crippen LogP contribution < -0.4 is 9.64 Å². The van der Waals surface area contributed by atoms with Gasteiger partial charge in [-0.25, -0.2) is 9.59 Å². The Morgan fingerprint density at radius 2 is 1.69 bits per heavy atom. The molecule has 3 aromatic rings. The number of amides is 2. The van der Waals surface area contributed by atoms with E-state index in [1.54, 1.807) is 37.8 Å². The number of benzene rings is 3. The highest BCUT2D eigenvalue weighted by Crippen LogP contribution is 2.26. The van der Waals surface area contributed by atoms with Gasteiger partial charge in [0.15, 0.2) is 0 Å². The van der Waals surface area contributed by atoms with Crippen LogP contribution in [0.5, 0.6) is 5.75 Å². The second-order valence-corrected chi connectivity index (χ2v) is 9.45. The van der Waals surface area contributed by atoms with E-state index in [0.717, 1.165) is 10.8 Å². The minimum atomic E-state index is -1.05. The van der Waals surface area contributed by atoms with Crippen molar-refractivity contribution in [3.63, 3.8) is 0 Å². The maximum absolute atomic E-state index is 13.2. The van der Waals surface area contributed by atoms with E-state index in [9.17, 15) is 19.5 Å². The van der Waals surface area contributed by atoms with Crippen LogP contribution in [0.3, 0.4) is 0 Å². The van der Waals surface area contributed by atoms with Gasteiger partial charge in [-0.2, -0.15) is 0 Å². The Hall–Kier alpha value is -4.07. The topological polar surface area (TPSA) is 96.4 Å². The molecule has 0 aliphatic carbocycles. The van der Waals surface area contributed by atoms with Crippen molar-refractivity contribution in [2.45, 2.75) is 32.4 Å². The second kappa shape index (κ2) is 9.66. The molecule has 0 radical (unpaired) electrons. The van der Waals surface area contributed by atoms with Crippen LogP contribution in [0.2, 0.25) is 0 Å². The summed E-state index contributed by atoms with van der Waals surface area (Å²) in [5.74, 6) is -0.710. The zero-order valence-corrected chi connectivity index (χ0v) is 19.9. The number of nitrogens with zero attached hydrogens (tertiary/aromatic N) is 2. The van der Waals surface area contributed by atoms with Crippen LogP contribution in [-0.4, -0.2) is 59.3 Å². The number of aromatic carboxylic acids is 1. The summed E-state index contributed by atoms with van der Waals surface area (Å²) in [6.45, 7) is 5.49. The summed E-state index contributed by atoms with van der Waals surface area (Å²) in [7, 11) is 0. The van der Waals surface area contributed by atoms with Gasteiger partial charge in [0.2, 0.25) is 5.91 Å². The van der Waals surface area contributed by atoms with E-state index in [0.29, 0.717) is 11.4 Å². The Balaban J connectivity index is 1.58. The van der Waals surface area contributed by atoms with Gasteiger partial charge in [-0.05, 0) is 67.9 Å². The predicted octanol–water partition coefficient (Wildman–Crippen LogP) is 4.57. The van der Waals surface area contributed by atoms with Crippen LogP contribution in [0.4, 0.5) is 10.5 Å². The van der Waals surface area contributed by atoms with E-state index in [1.165, 1.54) is 17.0 Å². The number of carboxylic acid groups (broad SMARTS) is 1. The van der Waals surface area contributed by atoms with Gasteiger partial charge < -0.3 is 19.5 Å². The normalized spacial score (nSPS) is 16.3. The van der Waals surface area contributed by atoms with Crippen molar-refractivity contribution in [2.75, 3.05) is 24.6 Å². The number of rotatable bonds is 5. The predicted molar refractivity (Wildman–Crippen MR) is 132 cm³/mol. The Morgan fingerprint density at radius 3 is 2.34 bits per heavy atom. The molecule has 8 heteroatoms. The number of fused-ring (bicyclic) bond motifs is 1. The quantitative estimate of drug-likeness (QED) is 0.580. The van der Waals surface area contributed by atoms with Crippen LogP contribution in [0.25, 0.3) is 10.8 Å². The maximum atomic E-state index is 13.2. The van der Waals surface area contributed by atoms with Crippen molar-refractivity contribution >= 4 is 34.4 Å². The first-order valence-electron chi connectivity index (χ1n) is 11.4. The van der Waals surface area contributed by atoms with E-state index in [4.69, 9.17) is 9.47 Å². The van der Waals surface area contributed by atoms with Gasteiger partial charge in [-0.15, -0.1) is 0 Å². The molecule has 1 heterocycles. The summed E-state index contributed by atoms with van der Waals surface area (Å²) in [5, 5.41) is 11.3. The van der Waals surface area contributed by atoms with Crippen LogP contribution >= 0.6 is 0 Å². The number of ether oxygens (including phenoxy) is 2. The molecule has 0 spiro atoms. The van der Waals surface area contributed by atoms with Crippen LogP contribution in [0.15, 0.2) is 66.7 Å². The molecule has 35 heavy (non-hydrogen) atoms. The van der Waals surface area contributed by atoms with E-state index in [1.807, 2.05) is 42.5 Å². The number of hydrogen-bond donors (Lipinski definition) is 1. The van der Waals surface area contributed by atoms with Crippen LogP contribution in [-0.2, 0) is 9.53 Å². The van der Waals surface area contributed by atoms with Crippen molar-refractivity contribution in [1.29, 1.82) is 0 Å². The van der Waals surface area contributed by atoms with Crippen molar-refractivity contribution < 1.29 is 29.0 Å². The van der Waals surface area contributed by atoms with Gasteiger partial charge in [0.25, 0.3) is 0 Å². The first-order chi connectivity index (χ1) is 16.6. The highest BCUT2D eigenvalue weighted by atomic mass is 16.6. The Labute approximate surface area is 203 Å². The zero-order valence-electron chi connectivity index (χ0n) is 19.9. The van der Waals surface area contributed by atoms with Crippen molar-refractivity contribution in [2.24, 2.45) is 0 Å². The smallest absolute Gasteiger partial charge is 0.410 e. The summed E-state index contributed by atoms with van der Waals surface area (Å²) in [6.07, 6.45) is -0.567. The highest BCUT2D eigenvalue weighted by Gasteiger charge is 2.38. The molecule has 4 rings (SSSR count). The number of piperazine rings is 1. The van der Waals surface area contributed by atoms with Gasteiger partial charge in [-0.3, -0.25) is 9.69 Å². The first kappa shape index (κ1) is 24.1. The van der Waals surface area contributed by atoms with E-state index < -0.39 is 23.7 Å². The number of carbonyl (C=O) groups is 3. The van der Waals surface area contributed by atoms with Crippen LogP contribution in [0, 0.1) is 0 Å². The monoisotopic (exact) mass is 476 g/mol. The van der Waals surface area contributed by atoms with Crippen molar-refractivity contribution in [3.05, 3.63) is 72.3 Å². The molecule has 0 bridgehead atoms. The van der Waals surface area contributed by atoms with E-state index in [2.05, 4.69) is 0 Å². The molecule has 1 saturated heterocycles. The molecule has 1 atom stereocenters. The molecule has 1 aliphatic rings. The molecule has 2 amide bonds. The van der Waals surface area contributed by atoms with E-state index >= 15 is 0 Å². The molecule has 8 nitrogen and oxygen atoms in total. The summed E-state index contributed by atoms with van der Waals surface area (Å²) >= 11 is 0. The average molecular weight is 477 g/mol. The second-order valence-electron chi connectivity index (χ2n) is 9.45. The zero-order chi connectivity index (χ0) is 25.2. The minimum Gasteiger partial charge on any atom is -0.491 e. The lowest BCUT2D eigenvalue weighted by atomic mass is 10.1. The SMILES string of the molecule is CC(C)(C)OC(=O)N1CC(=O)N(c2ccc(C(=O)O)cc2)[C@@H](COc2ccc3ccccc3c2)C1.